The number of nitrogens with zero attached hydrogens (tertiary/aromatic N) is 3. The lowest BCUT2D eigenvalue weighted by Crippen LogP contribution is -2.04. The molecule has 0 aliphatic carbocycles. The molecule has 1 aromatic carbocycles. The fourth-order valence-electron chi connectivity index (χ4n) is 2.05. The van der Waals surface area contributed by atoms with Gasteiger partial charge in [0.25, 0.3) is 0 Å². The predicted molar refractivity (Wildman–Crippen MR) is 79.2 cm³/mol. The van der Waals surface area contributed by atoms with Crippen molar-refractivity contribution >= 4 is 12.2 Å². The summed E-state index contributed by atoms with van der Waals surface area (Å²) in [6.07, 6.45) is 0.176. The number of hydrogen-bond acceptors (Lipinski definition) is 4. The van der Waals surface area contributed by atoms with Crippen molar-refractivity contribution in [2.24, 2.45) is 0 Å². The number of hydrogen-bond donors (Lipinski definition) is 1. The molecule has 1 N–H and O–H groups in total. The van der Waals surface area contributed by atoms with Gasteiger partial charge in [0.15, 0.2) is 17.1 Å². The van der Waals surface area contributed by atoms with Crippen LogP contribution in [0.4, 0.5) is 13.2 Å². The minimum absolute atomic E-state index is 0.165. The zero-order chi connectivity index (χ0) is 17.2. The van der Waals surface area contributed by atoms with Gasteiger partial charge in [-0.15, -0.1) is 5.10 Å². The van der Waals surface area contributed by atoms with Gasteiger partial charge in [-0.25, -0.2) is 5.10 Å². The molecule has 24 heavy (non-hydrogen) atoms. The van der Waals surface area contributed by atoms with Gasteiger partial charge in [0, 0.05) is 5.56 Å². The summed E-state index contributed by atoms with van der Waals surface area (Å²) in [5.41, 5.74) is 0.758. The Morgan fingerprint density at radius 1 is 1.17 bits per heavy atom. The molecule has 2 heterocycles. The van der Waals surface area contributed by atoms with Crippen LogP contribution in [-0.4, -0.2) is 15.4 Å². The average molecular weight is 330 g/mol. The van der Waals surface area contributed by atoms with Crippen molar-refractivity contribution in [2.75, 3.05) is 0 Å². The molecular weight excluding hydrogens is 321 g/mol. The van der Waals surface area contributed by atoms with E-state index in [1.165, 1.54) is 18.4 Å². The third kappa shape index (κ3) is 3.20. The van der Waals surface area contributed by atoms with Crippen molar-refractivity contribution in [3.63, 3.8) is 0 Å². The minimum atomic E-state index is -4.38. The monoisotopic (exact) mass is 330 g/mol. The number of benzene rings is 1. The van der Waals surface area contributed by atoms with Crippen LogP contribution in [0.5, 0.6) is 0 Å². The molecule has 3 rings (SSSR count). The third-order valence-electron chi connectivity index (χ3n) is 3.20. The molecule has 0 saturated heterocycles. The van der Waals surface area contributed by atoms with Crippen LogP contribution in [0.25, 0.3) is 23.6 Å². The van der Waals surface area contributed by atoms with E-state index < -0.39 is 11.7 Å². The number of nitriles is 1. The second kappa shape index (κ2) is 6.04. The van der Waals surface area contributed by atoms with Crippen LogP contribution in [0, 0.1) is 11.3 Å². The number of H-pyrrole nitrogens is 1. The topological polar surface area (TPSA) is 78.5 Å². The molecular formula is C16H9F3N4O. The highest BCUT2D eigenvalue weighted by molar-refractivity contribution is 5.72. The highest BCUT2D eigenvalue weighted by Crippen LogP contribution is 2.30. The maximum atomic E-state index is 12.7. The van der Waals surface area contributed by atoms with Crippen LogP contribution in [0.3, 0.4) is 0 Å². The van der Waals surface area contributed by atoms with E-state index in [2.05, 4.69) is 15.4 Å². The van der Waals surface area contributed by atoms with Gasteiger partial charge in [0.05, 0.1) is 11.8 Å². The Morgan fingerprint density at radius 3 is 2.71 bits per heavy atom. The van der Waals surface area contributed by atoms with Gasteiger partial charge in [-0.05, 0) is 23.8 Å². The van der Waals surface area contributed by atoms with Crippen molar-refractivity contribution in [3.05, 3.63) is 59.0 Å². The van der Waals surface area contributed by atoms with Gasteiger partial charge in [-0.3, -0.25) is 0 Å². The normalized spacial score (nSPS) is 11.8. The van der Waals surface area contributed by atoms with Gasteiger partial charge in [-0.2, -0.15) is 18.4 Å². The molecule has 0 spiro atoms. The molecule has 0 fully saturated rings. The lowest BCUT2D eigenvalue weighted by atomic mass is 10.1. The summed E-state index contributed by atoms with van der Waals surface area (Å²) in [6.45, 7) is 0. The van der Waals surface area contributed by atoms with Crippen LogP contribution in [0.15, 0.2) is 41.0 Å². The molecule has 2 aromatic heterocycles. The first kappa shape index (κ1) is 15.6. The Morgan fingerprint density at radius 2 is 1.96 bits per heavy atom. The first-order valence-electron chi connectivity index (χ1n) is 6.73. The van der Waals surface area contributed by atoms with E-state index in [0.29, 0.717) is 16.9 Å². The largest absolute Gasteiger partial charge is 0.462 e. The number of nitrogens with one attached hydrogen (secondary N) is 1. The van der Waals surface area contributed by atoms with Gasteiger partial charge < -0.3 is 4.42 Å². The molecule has 0 bridgehead atoms. The van der Waals surface area contributed by atoms with E-state index in [1.807, 2.05) is 6.07 Å². The van der Waals surface area contributed by atoms with Crippen molar-refractivity contribution in [3.8, 4) is 17.5 Å². The Kier molecular flexibility index (Phi) is 3.92. The highest BCUT2D eigenvalue weighted by Gasteiger charge is 2.30. The van der Waals surface area contributed by atoms with E-state index in [1.54, 1.807) is 18.2 Å². The number of halogens is 3. The molecule has 120 valence electrons. The molecule has 0 amide bonds. The number of rotatable bonds is 3. The van der Waals surface area contributed by atoms with E-state index in [9.17, 15) is 13.2 Å². The lowest BCUT2D eigenvalue weighted by molar-refractivity contribution is -0.137. The third-order valence-corrected chi connectivity index (χ3v) is 3.20. The second-order valence-corrected chi connectivity index (χ2v) is 4.85. The van der Waals surface area contributed by atoms with Crippen LogP contribution in [0.2, 0.25) is 0 Å². The van der Waals surface area contributed by atoms with Crippen LogP contribution in [-0.2, 0) is 6.18 Å². The quantitative estimate of drug-likeness (QED) is 0.783. The summed E-state index contributed by atoms with van der Waals surface area (Å²) in [6, 6.07) is 8.50. The number of alkyl halides is 3. The van der Waals surface area contributed by atoms with Crippen LogP contribution >= 0.6 is 0 Å². The maximum Gasteiger partial charge on any atom is 0.416 e. The Balaban J connectivity index is 1.83. The highest BCUT2D eigenvalue weighted by atomic mass is 19.4. The first-order chi connectivity index (χ1) is 11.5. The molecule has 0 atom stereocenters. The number of aromatic amines is 1. The number of furan rings is 1. The molecule has 5 nitrogen and oxygen atoms in total. The van der Waals surface area contributed by atoms with E-state index in [0.717, 1.165) is 12.1 Å². The van der Waals surface area contributed by atoms with Crippen molar-refractivity contribution in [2.45, 2.75) is 6.18 Å². The molecule has 3 aromatic rings. The van der Waals surface area contributed by atoms with Crippen molar-refractivity contribution < 1.29 is 17.6 Å². The smallest absolute Gasteiger partial charge is 0.416 e. The van der Waals surface area contributed by atoms with E-state index in [4.69, 9.17) is 9.68 Å². The number of aromatic nitrogens is 3. The van der Waals surface area contributed by atoms with Gasteiger partial charge >= 0.3 is 6.18 Å². The Labute approximate surface area is 134 Å². The van der Waals surface area contributed by atoms with Crippen molar-refractivity contribution in [1.29, 1.82) is 5.26 Å². The fourth-order valence-corrected chi connectivity index (χ4v) is 2.05. The average Bonchev–Trinajstić information content (AvgIpc) is 3.21. The maximum absolute atomic E-state index is 12.7. The zero-order valence-corrected chi connectivity index (χ0v) is 12.0. The molecule has 0 aliphatic heterocycles. The summed E-state index contributed by atoms with van der Waals surface area (Å²) in [7, 11) is 0. The molecule has 0 saturated carbocycles. The van der Waals surface area contributed by atoms with Crippen molar-refractivity contribution in [1.82, 2.24) is 15.4 Å². The summed E-state index contributed by atoms with van der Waals surface area (Å²) >= 11 is 0. The standard InChI is InChI=1S/C16H9F3N4O/c17-16(18,19)12-3-1-2-10(6-12)4-5-11-7-14(24-9-11)15-13(8-20)21-23-22-15/h1-7,9H,(H,21,22,23)/b5-4+. The van der Waals surface area contributed by atoms with E-state index in [-0.39, 0.29) is 11.4 Å². The van der Waals surface area contributed by atoms with E-state index >= 15 is 0 Å². The second-order valence-electron chi connectivity index (χ2n) is 4.85. The Hall–Kier alpha value is -3.34. The van der Waals surface area contributed by atoms with Crippen LogP contribution in [0.1, 0.15) is 22.4 Å². The van der Waals surface area contributed by atoms with Gasteiger partial charge in [0.1, 0.15) is 6.07 Å². The fraction of sp³-hybridized carbons (Fsp3) is 0.0625. The molecule has 0 radical (unpaired) electrons. The van der Waals surface area contributed by atoms with Gasteiger partial charge in [-0.1, -0.05) is 29.5 Å². The predicted octanol–water partition coefficient (Wildman–Crippen LogP) is 4.13. The van der Waals surface area contributed by atoms with Crippen LogP contribution < -0.4 is 0 Å². The molecule has 0 aliphatic rings. The molecule has 0 unspecified atom stereocenters. The lowest BCUT2D eigenvalue weighted by Gasteiger charge is -2.06. The Bertz CT molecular complexity index is 931. The van der Waals surface area contributed by atoms with Gasteiger partial charge in [0.2, 0.25) is 0 Å². The summed E-state index contributed by atoms with van der Waals surface area (Å²) < 4.78 is 43.4. The summed E-state index contributed by atoms with van der Waals surface area (Å²) in [4.78, 5) is 0. The summed E-state index contributed by atoms with van der Waals surface area (Å²) in [5.74, 6) is 0.337. The summed E-state index contributed by atoms with van der Waals surface area (Å²) in [5, 5.41) is 18.6. The minimum Gasteiger partial charge on any atom is -0.462 e. The SMILES string of the molecule is N#Cc1[nH]nnc1-c1cc(/C=C/c2cccc(C(F)(F)F)c2)co1. The zero-order valence-electron chi connectivity index (χ0n) is 12.0. The molecule has 8 heteroatoms. The first-order valence-corrected chi connectivity index (χ1v) is 6.73.